The van der Waals surface area contributed by atoms with Crippen LogP contribution < -0.4 is 0 Å². The summed E-state index contributed by atoms with van der Waals surface area (Å²) in [5.41, 5.74) is 0. The van der Waals surface area contributed by atoms with Gasteiger partial charge in [0.05, 0.1) is 6.61 Å². The number of likely N-dealkylation sites (tertiary alicyclic amines) is 1. The molecule has 1 amide bonds. The summed E-state index contributed by atoms with van der Waals surface area (Å²) in [5.74, 6) is 0.179. The van der Waals surface area contributed by atoms with Gasteiger partial charge in [-0.25, -0.2) is 0 Å². The molecule has 0 radical (unpaired) electrons. The molecule has 0 aromatic heterocycles. The summed E-state index contributed by atoms with van der Waals surface area (Å²) in [7, 11) is 0. The number of β-amino-alcohol motifs (C(OH)–C–C–N with tert-alkyl or cyclic N) is 1. The first-order chi connectivity index (χ1) is 7.19. The van der Waals surface area contributed by atoms with Crippen LogP contribution in [0.15, 0.2) is 0 Å². The van der Waals surface area contributed by atoms with E-state index in [0.717, 1.165) is 39.0 Å². The van der Waals surface area contributed by atoms with E-state index in [0.29, 0.717) is 6.04 Å². The van der Waals surface area contributed by atoms with E-state index >= 15 is 0 Å². The molecule has 4 heteroatoms. The third-order valence-corrected chi connectivity index (χ3v) is 3.16. The Bertz CT molecular complexity index is 201. The molecule has 1 aliphatic heterocycles. The summed E-state index contributed by atoms with van der Waals surface area (Å²) in [4.78, 5) is 15.6. The van der Waals surface area contributed by atoms with E-state index in [-0.39, 0.29) is 12.5 Å². The smallest absolute Gasteiger partial charge is 0.219 e. The topological polar surface area (TPSA) is 43.8 Å². The lowest BCUT2D eigenvalue weighted by Crippen LogP contribution is -2.47. The molecule has 0 bridgehead atoms. The standard InChI is InChI=1S/C11H22N2O2/c1-3-13(10(2)15)11-4-6-12(7-5-11)8-9-14/h11,14H,3-9H2,1-2H3. The Kier molecular flexibility index (Phi) is 5.05. The molecule has 0 saturated carbocycles. The lowest BCUT2D eigenvalue weighted by Gasteiger charge is -2.37. The molecular weight excluding hydrogens is 192 g/mol. The average Bonchev–Trinajstić information content (AvgIpc) is 2.21. The fourth-order valence-electron chi connectivity index (χ4n) is 2.33. The zero-order valence-corrected chi connectivity index (χ0v) is 9.78. The van der Waals surface area contributed by atoms with Gasteiger partial charge >= 0.3 is 0 Å². The number of amides is 1. The maximum atomic E-state index is 11.4. The maximum absolute atomic E-state index is 11.4. The Morgan fingerprint density at radius 1 is 1.47 bits per heavy atom. The number of piperidine rings is 1. The summed E-state index contributed by atoms with van der Waals surface area (Å²) in [6.45, 7) is 7.46. The minimum absolute atomic E-state index is 0.179. The quantitative estimate of drug-likeness (QED) is 0.732. The molecule has 4 nitrogen and oxygen atoms in total. The van der Waals surface area contributed by atoms with Gasteiger partial charge in [0.25, 0.3) is 0 Å². The number of carbonyl (C=O) groups excluding carboxylic acids is 1. The van der Waals surface area contributed by atoms with Crippen LogP contribution in [0.5, 0.6) is 0 Å². The monoisotopic (exact) mass is 214 g/mol. The van der Waals surface area contributed by atoms with Crippen LogP contribution in [0.2, 0.25) is 0 Å². The van der Waals surface area contributed by atoms with Gasteiger partial charge in [-0.15, -0.1) is 0 Å². The van der Waals surface area contributed by atoms with E-state index in [9.17, 15) is 4.79 Å². The molecule has 1 fully saturated rings. The highest BCUT2D eigenvalue weighted by Crippen LogP contribution is 2.16. The van der Waals surface area contributed by atoms with Crippen molar-refractivity contribution in [3.8, 4) is 0 Å². The van der Waals surface area contributed by atoms with Gasteiger partial charge in [0.15, 0.2) is 0 Å². The molecule has 1 N–H and O–H groups in total. The molecule has 0 spiro atoms. The lowest BCUT2D eigenvalue weighted by molar-refractivity contribution is -0.131. The number of hydrogen-bond acceptors (Lipinski definition) is 3. The van der Waals surface area contributed by atoms with Crippen LogP contribution in [0.4, 0.5) is 0 Å². The van der Waals surface area contributed by atoms with Gasteiger partial charge in [0.2, 0.25) is 5.91 Å². The Morgan fingerprint density at radius 2 is 2.07 bits per heavy atom. The molecule has 1 rings (SSSR count). The molecule has 1 saturated heterocycles. The fourth-order valence-corrected chi connectivity index (χ4v) is 2.33. The highest BCUT2D eigenvalue weighted by Gasteiger charge is 2.24. The van der Waals surface area contributed by atoms with E-state index in [1.54, 1.807) is 6.92 Å². The van der Waals surface area contributed by atoms with Gasteiger partial charge in [0.1, 0.15) is 0 Å². The maximum Gasteiger partial charge on any atom is 0.219 e. The molecule has 0 aliphatic carbocycles. The number of rotatable bonds is 4. The summed E-state index contributed by atoms with van der Waals surface area (Å²) in [6, 6.07) is 0.405. The predicted molar refractivity (Wildman–Crippen MR) is 59.6 cm³/mol. The number of carbonyl (C=O) groups is 1. The van der Waals surface area contributed by atoms with Gasteiger partial charge in [0, 0.05) is 39.1 Å². The van der Waals surface area contributed by atoms with E-state index in [1.165, 1.54) is 0 Å². The van der Waals surface area contributed by atoms with Gasteiger partial charge in [-0.1, -0.05) is 0 Å². The molecule has 0 atom stereocenters. The van der Waals surface area contributed by atoms with Crippen LogP contribution in [0.1, 0.15) is 26.7 Å². The fraction of sp³-hybridized carbons (Fsp3) is 0.909. The van der Waals surface area contributed by atoms with Crippen molar-refractivity contribution in [2.45, 2.75) is 32.7 Å². The van der Waals surface area contributed by atoms with Crippen LogP contribution in [0.3, 0.4) is 0 Å². The van der Waals surface area contributed by atoms with Crippen LogP contribution in [-0.4, -0.2) is 59.6 Å². The zero-order valence-electron chi connectivity index (χ0n) is 9.78. The third kappa shape index (κ3) is 3.47. The molecule has 0 aromatic carbocycles. The van der Waals surface area contributed by atoms with Crippen LogP contribution in [-0.2, 0) is 4.79 Å². The highest BCUT2D eigenvalue weighted by molar-refractivity contribution is 5.73. The molecule has 0 unspecified atom stereocenters. The first-order valence-corrected chi connectivity index (χ1v) is 5.79. The minimum atomic E-state index is 0.179. The van der Waals surface area contributed by atoms with E-state index in [2.05, 4.69) is 4.90 Å². The lowest BCUT2D eigenvalue weighted by atomic mass is 10.0. The van der Waals surface area contributed by atoms with Crippen molar-refractivity contribution >= 4 is 5.91 Å². The molecule has 0 aromatic rings. The molecule has 1 aliphatic rings. The van der Waals surface area contributed by atoms with Gasteiger partial charge in [-0.05, 0) is 19.8 Å². The molecule has 88 valence electrons. The highest BCUT2D eigenvalue weighted by atomic mass is 16.3. The average molecular weight is 214 g/mol. The first kappa shape index (κ1) is 12.5. The Balaban J connectivity index is 2.38. The Labute approximate surface area is 91.9 Å². The van der Waals surface area contributed by atoms with E-state index < -0.39 is 0 Å². The van der Waals surface area contributed by atoms with Crippen molar-refractivity contribution in [1.82, 2.24) is 9.80 Å². The number of hydrogen-bond donors (Lipinski definition) is 1. The van der Waals surface area contributed by atoms with Crippen molar-refractivity contribution in [3.05, 3.63) is 0 Å². The number of aliphatic hydroxyl groups excluding tert-OH is 1. The van der Waals surface area contributed by atoms with Crippen molar-refractivity contribution in [2.75, 3.05) is 32.8 Å². The first-order valence-electron chi connectivity index (χ1n) is 5.79. The number of nitrogens with zero attached hydrogens (tertiary/aromatic N) is 2. The van der Waals surface area contributed by atoms with Gasteiger partial charge in [-0.3, -0.25) is 4.79 Å². The van der Waals surface area contributed by atoms with E-state index in [4.69, 9.17) is 5.11 Å². The summed E-state index contributed by atoms with van der Waals surface area (Å²) in [5, 5.41) is 8.82. The SMILES string of the molecule is CCN(C(C)=O)C1CCN(CCO)CC1. The van der Waals surface area contributed by atoms with Crippen molar-refractivity contribution in [2.24, 2.45) is 0 Å². The van der Waals surface area contributed by atoms with Crippen molar-refractivity contribution in [1.29, 1.82) is 0 Å². The second-order valence-corrected chi connectivity index (χ2v) is 4.10. The third-order valence-electron chi connectivity index (χ3n) is 3.16. The molecular formula is C11H22N2O2. The van der Waals surface area contributed by atoms with Crippen molar-refractivity contribution < 1.29 is 9.90 Å². The second kappa shape index (κ2) is 6.08. The van der Waals surface area contributed by atoms with Crippen LogP contribution >= 0.6 is 0 Å². The van der Waals surface area contributed by atoms with Crippen LogP contribution in [0, 0.1) is 0 Å². The number of aliphatic hydroxyl groups is 1. The summed E-state index contributed by atoms with van der Waals surface area (Å²) >= 11 is 0. The van der Waals surface area contributed by atoms with Gasteiger partial charge < -0.3 is 14.9 Å². The molecule has 1 heterocycles. The van der Waals surface area contributed by atoms with Crippen molar-refractivity contribution in [3.63, 3.8) is 0 Å². The zero-order chi connectivity index (χ0) is 11.3. The largest absolute Gasteiger partial charge is 0.395 e. The Hall–Kier alpha value is -0.610. The summed E-state index contributed by atoms with van der Waals surface area (Å²) in [6.07, 6.45) is 2.07. The normalized spacial score (nSPS) is 19.1. The van der Waals surface area contributed by atoms with E-state index in [1.807, 2.05) is 11.8 Å². The van der Waals surface area contributed by atoms with Crippen LogP contribution in [0.25, 0.3) is 0 Å². The van der Waals surface area contributed by atoms with Gasteiger partial charge in [-0.2, -0.15) is 0 Å². The predicted octanol–water partition coefficient (Wildman–Crippen LogP) is 0.311. The molecule has 15 heavy (non-hydrogen) atoms. The second-order valence-electron chi connectivity index (χ2n) is 4.10. The summed E-state index contributed by atoms with van der Waals surface area (Å²) < 4.78 is 0. The minimum Gasteiger partial charge on any atom is -0.395 e. The Morgan fingerprint density at radius 3 is 2.47 bits per heavy atom.